The molecule has 0 amide bonds. The molecule has 0 bridgehead atoms. The van der Waals surface area contributed by atoms with Crippen molar-refractivity contribution in [3.05, 3.63) is 18.3 Å². The molecule has 2 rings (SSSR count). The second-order valence-electron chi connectivity index (χ2n) is 4.17. The van der Waals surface area contributed by atoms with E-state index in [2.05, 4.69) is 9.97 Å². The van der Waals surface area contributed by atoms with Crippen molar-refractivity contribution in [3.8, 4) is 0 Å². The summed E-state index contributed by atoms with van der Waals surface area (Å²) in [5.74, 6) is 0.471. The fourth-order valence-corrected chi connectivity index (χ4v) is 3.01. The lowest BCUT2D eigenvalue weighted by atomic mass is 10.2. The number of ether oxygens (including phenoxy) is 1. The molecule has 2 aromatic heterocycles. The second kappa shape index (κ2) is 6.15. The first kappa shape index (κ1) is 13.3. The molecule has 0 aliphatic rings. The van der Waals surface area contributed by atoms with Crippen LogP contribution in [-0.2, 0) is 9.53 Å². The molecule has 0 radical (unpaired) electrons. The highest BCUT2D eigenvalue weighted by molar-refractivity contribution is 8.01. The van der Waals surface area contributed by atoms with Gasteiger partial charge in [0.1, 0.15) is 10.3 Å². The Morgan fingerprint density at radius 1 is 1.56 bits per heavy atom. The Kier molecular flexibility index (Phi) is 4.54. The van der Waals surface area contributed by atoms with Gasteiger partial charge in [0.2, 0.25) is 0 Å². The summed E-state index contributed by atoms with van der Waals surface area (Å²) < 4.78 is 5.95. The van der Waals surface area contributed by atoms with E-state index in [9.17, 15) is 4.79 Å². The molecule has 6 heteroatoms. The van der Waals surface area contributed by atoms with E-state index in [0.717, 1.165) is 14.7 Å². The van der Waals surface area contributed by atoms with Crippen LogP contribution >= 0.6 is 23.1 Å². The number of thiazole rings is 1. The van der Waals surface area contributed by atoms with Gasteiger partial charge in [-0.3, -0.25) is 4.79 Å². The standard InChI is InChI=1S/C12H14N2O2S2/c1-8(2)6-16-10(15)7-17-12-14-9-4-3-5-13-11(9)18-12/h3-5,8H,6-7H2,1-2H3. The molecule has 4 nitrogen and oxygen atoms in total. The molecule has 0 spiro atoms. The normalized spacial score (nSPS) is 11.1. The SMILES string of the molecule is CC(C)COC(=O)CSc1nc2cccnc2s1. The summed E-state index contributed by atoms with van der Waals surface area (Å²) in [6.45, 7) is 4.50. The maximum Gasteiger partial charge on any atom is 0.316 e. The van der Waals surface area contributed by atoms with Crippen molar-refractivity contribution >= 4 is 39.4 Å². The van der Waals surface area contributed by atoms with Gasteiger partial charge in [0.05, 0.1) is 12.4 Å². The van der Waals surface area contributed by atoms with Gasteiger partial charge in [-0.25, -0.2) is 9.97 Å². The minimum Gasteiger partial charge on any atom is -0.465 e. The zero-order valence-corrected chi connectivity index (χ0v) is 11.9. The first-order chi connectivity index (χ1) is 8.65. The molecule has 0 saturated carbocycles. The summed E-state index contributed by atoms with van der Waals surface area (Å²) in [5.41, 5.74) is 0.876. The molecule has 2 heterocycles. The number of thioether (sulfide) groups is 1. The van der Waals surface area contributed by atoms with Gasteiger partial charge in [0.25, 0.3) is 0 Å². The van der Waals surface area contributed by atoms with Crippen LogP contribution in [0.15, 0.2) is 22.7 Å². The first-order valence-electron chi connectivity index (χ1n) is 5.65. The zero-order chi connectivity index (χ0) is 13.0. The summed E-state index contributed by atoms with van der Waals surface area (Å²) in [6.07, 6.45) is 1.74. The Labute approximate surface area is 114 Å². The van der Waals surface area contributed by atoms with Crippen LogP contribution in [0.25, 0.3) is 10.3 Å². The minimum absolute atomic E-state index is 0.194. The van der Waals surface area contributed by atoms with Gasteiger partial charge in [0.15, 0.2) is 4.34 Å². The van der Waals surface area contributed by atoms with Crippen molar-refractivity contribution in [2.75, 3.05) is 12.4 Å². The highest BCUT2D eigenvalue weighted by atomic mass is 32.2. The summed E-state index contributed by atoms with van der Waals surface area (Å²) in [7, 11) is 0. The number of aromatic nitrogens is 2. The van der Waals surface area contributed by atoms with Crippen molar-refractivity contribution in [2.24, 2.45) is 5.92 Å². The van der Waals surface area contributed by atoms with Gasteiger partial charge in [-0.15, -0.1) is 0 Å². The van der Waals surface area contributed by atoms with Crippen LogP contribution in [0.2, 0.25) is 0 Å². The summed E-state index contributed by atoms with van der Waals surface area (Å²) in [6, 6.07) is 3.77. The van der Waals surface area contributed by atoms with Crippen molar-refractivity contribution in [1.29, 1.82) is 0 Å². The Balaban J connectivity index is 1.88. The van der Waals surface area contributed by atoms with Gasteiger partial charge in [-0.05, 0) is 18.1 Å². The Morgan fingerprint density at radius 3 is 3.11 bits per heavy atom. The van der Waals surface area contributed by atoms with Crippen molar-refractivity contribution < 1.29 is 9.53 Å². The average Bonchev–Trinajstić information content (AvgIpc) is 2.76. The number of carbonyl (C=O) groups is 1. The van der Waals surface area contributed by atoms with Crippen molar-refractivity contribution in [2.45, 2.75) is 18.2 Å². The summed E-state index contributed by atoms with van der Waals surface area (Å²) in [5, 5.41) is 0. The predicted molar refractivity (Wildman–Crippen MR) is 73.9 cm³/mol. The van der Waals surface area contributed by atoms with Crippen LogP contribution in [0.3, 0.4) is 0 Å². The van der Waals surface area contributed by atoms with E-state index < -0.39 is 0 Å². The van der Waals surface area contributed by atoms with E-state index in [1.807, 2.05) is 26.0 Å². The third-order valence-corrected chi connectivity index (χ3v) is 4.13. The largest absolute Gasteiger partial charge is 0.465 e. The van der Waals surface area contributed by atoms with Crippen LogP contribution in [0.1, 0.15) is 13.8 Å². The van der Waals surface area contributed by atoms with Crippen LogP contribution in [-0.4, -0.2) is 28.3 Å². The quantitative estimate of drug-likeness (QED) is 0.623. The number of carbonyl (C=O) groups excluding carboxylic acids is 1. The minimum atomic E-state index is -0.194. The maximum atomic E-state index is 11.5. The summed E-state index contributed by atoms with van der Waals surface area (Å²) in [4.78, 5) is 21.0. The smallest absolute Gasteiger partial charge is 0.316 e. The van der Waals surface area contributed by atoms with E-state index in [-0.39, 0.29) is 5.97 Å². The number of nitrogens with zero attached hydrogens (tertiary/aromatic N) is 2. The third-order valence-electron chi connectivity index (χ3n) is 2.04. The van der Waals surface area contributed by atoms with Crippen LogP contribution in [0.5, 0.6) is 0 Å². The van der Waals surface area contributed by atoms with Gasteiger partial charge in [-0.2, -0.15) is 0 Å². The molecule has 0 aliphatic heterocycles. The lowest BCUT2D eigenvalue weighted by molar-refractivity contribution is -0.141. The van der Waals surface area contributed by atoms with E-state index >= 15 is 0 Å². The Morgan fingerprint density at radius 2 is 2.39 bits per heavy atom. The molecule has 0 N–H and O–H groups in total. The molecule has 96 valence electrons. The van der Waals surface area contributed by atoms with E-state index in [1.165, 1.54) is 23.1 Å². The molecule has 0 aromatic carbocycles. The molecule has 0 saturated heterocycles. The number of hydrogen-bond donors (Lipinski definition) is 0. The molecule has 2 aromatic rings. The number of rotatable bonds is 5. The number of esters is 1. The molecule has 0 aliphatic carbocycles. The van der Waals surface area contributed by atoms with Crippen LogP contribution in [0.4, 0.5) is 0 Å². The number of fused-ring (bicyclic) bond motifs is 1. The van der Waals surface area contributed by atoms with Crippen molar-refractivity contribution in [1.82, 2.24) is 9.97 Å². The Hall–Kier alpha value is -1.14. The fourth-order valence-electron chi connectivity index (χ4n) is 1.23. The number of pyridine rings is 1. The lowest BCUT2D eigenvalue weighted by Crippen LogP contribution is -2.11. The Bertz CT molecular complexity index is 507. The van der Waals surface area contributed by atoms with Gasteiger partial charge in [-0.1, -0.05) is 36.9 Å². The lowest BCUT2D eigenvalue weighted by Gasteiger charge is -2.05. The van der Waals surface area contributed by atoms with E-state index in [1.54, 1.807) is 6.20 Å². The highest BCUT2D eigenvalue weighted by Crippen LogP contribution is 2.27. The first-order valence-corrected chi connectivity index (χ1v) is 7.45. The second-order valence-corrected chi connectivity index (χ2v) is 6.37. The molecular formula is C12H14N2O2S2. The predicted octanol–water partition coefficient (Wildman–Crippen LogP) is 2.98. The molecule has 18 heavy (non-hydrogen) atoms. The molecule has 0 atom stereocenters. The van der Waals surface area contributed by atoms with E-state index in [0.29, 0.717) is 18.3 Å². The van der Waals surface area contributed by atoms with Gasteiger partial charge >= 0.3 is 5.97 Å². The monoisotopic (exact) mass is 282 g/mol. The summed E-state index contributed by atoms with van der Waals surface area (Å²) >= 11 is 2.90. The third kappa shape index (κ3) is 3.68. The van der Waals surface area contributed by atoms with Crippen molar-refractivity contribution in [3.63, 3.8) is 0 Å². The average molecular weight is 282 g/mol. The molecular weight excluding hydrogens is 268 g/mol. The maximum absolute atomic E-state index is 11.5. The van der Waals surface area contributed by atoms with Crippen LogP contribution < -0.4 is 0 Å². The topological polar surface area (TPSA) is 52.1 Å². The van der Waals surface area contributed by atoms with Gasteiger partial charge in [0, 0.05) is 6.20 Å². The molecule has 0 fully saturated rings. The van der Waals surface area contributed by atoms with E-state index in [4.69, 9.17) is 4.74 Å². The van der Waals surface area contributed by atoms with Gasteiger partial charge < -0.3 is 4.74 Å². The number of hydrogen-bond acceptors (Lipinski definition) is 6. The fraction of sp³-hybridized carbons (Fsp3) is 0.417. The highest BCUT2D eigenvalue weighted by Gasteiger charge is 2.09. The zero-order valence-electron chi connectivity index (χ0n) is 10.3. The molecule has 0 unspecified atom stereocenters. The van der Waals surface area contributed by atoms with Crippen LogP contribution in [0, 0.1) is 5.92 Å².